The lowest BCUT2D eigenvalue weighted by atomic mass is 10.0. The first kappa shape index (κ1) is 23.2. The molecule has 1 aliphatic heterocycles. The van der Waals surface area contributed by atoms with E-state index in [-0.39, 0.29) is 6.61 Å². The fourth-order valence-corrected chi connectivity index (χ4v) is 3.48. The molecular formula is C22H33N5O4. The smallest absolute Gasteiger partial charge is 0.134 e. The lowest BCUT2D eigenvalue weighted by Gasteiger charge is -2.24. The summed E-state index contributed by atoms with van der Waals surface area (Å²) < 4.78 is 10.8. The third kappa shape index (κ3) is 7.03. The van der Waals surface area contributed by atoms with Crippen molar-refractivity contribution >= 4 is 11.6 Å². The van der Waals surface area contributed by atoms with E-state index in [2.05, 4.69) is 20.2 Å². The maximum absolute atomic E-state index is 11.0. The highest BCUT2D eigenvalue weighted by atomic mass is 16.5. The van der Waals surface area contributed by atoms with Crippen molar-refractivity contribution in [1.82, 2.24) is 15.3 Å². The van der Waals surface area contributed by atoms with Crippen LogP contribution < -0.4 is 19.9 Å². The van der Waals surface area contributed by atoms with Gasteiger partial charge in [0.25, 0.3) is 0 Å². The predicted molar refractivity (Wildman–Crippen MR) is 120 cm³/mol. The van der Waals surface area contributed by atoms with Gasteiger partial charge in [-0.2, -0.15) is 0 Å². The fraction of sp³-hybridized carbons (Fsp3) is 0.545. The number of hydrogen-bond acceptors (Lipinski definition) is 9. The number of nitrogens with one attached hydrogen (secondary N) is 1. The van der Waals surface area contributed by atoms with Gasteiger partial charge in [0.15, 0.2) is 0 Å². The van der Waals surface area contributed by atoms with Crippen molar-refractivity contribution in [3.05, 3.63) is 42.2 Å². The van der Waals surface area contributed by atoms with Crippen molar-refractivity contribution in [1.29, 1.82) is 0 Å². The molecule has 2 aromatic rings. The Morgan fingerprint density at radius 1 is 1.16 bits per heavy atom. The number of aliphatic hydroxyl groups excluding tert-OH is 1. The van der Waals surface area contributed by atoms with Crippen molar-refractivity contribution in [3.63, 3.8) is 0 Å². The molecule has 0 unspecified atom stereocenters. The minimum atomic E-state index is -0.791. The van der Waals surface area contributed by atoms with Crippen LogP contribution in [0.4, 0.5) is 11.6 Å². The minimum Gasteiger partial charge on any atom is -0.491 e. The summed E-state index contributed by atoms with van der Waals surface area (Å²) in [5, 5.41) is 23.0. The Bertz CT molecular complexity index is 805. The predicted octanol–water partition coefficient (Wildman–Crippen LogP) is 0.661. The van der Waals surface area contributed by atoms with Gasteiger partial charge in [-0.1, -0.05) is 12.1 Å². The molecule has 2 heterocycles. The van der Waals surface area contributed by atoms with Crippen LogP contribution in [0.3, 0.4) is 0 Å². The molecule has 3 N–H and O–H groups in total. The molecule has 9 nitrogen and oxygen atoms in total. The van der Waals surface area contributed by atoms with Crippen LogP contribution in [-0.2, 0) is 11.3 Å². The second-order valence-corrected chi connectivity index (χ2v) is 7.96. The lowest BCUT2D eigenvalue weighted by molar-refractivity contribution is 0.0626. The number of aliphatic hydroxyl groups is 2. The Hall–Kier alpha value is -2.46. The molecular weight excluding hydrogens is 398 g/mol. The van der Waals surface area contributed by atoms with E-state index in [0.717, 1.165) is 29.5 Å². The van der Waals surface area contributed by atoms with E-state index in [1.807, 2.05) is 49.3 Å². The third-order valence-electron chi connectivity index (χ3n) is 5.19. The number of ether oxygens (including phenoxy) is 2. The average Bonchev–Trinajstić information content (AvgIpc) is 3.17. The Kier molecular flexibility index (Phi) is 8.42. The van der Waals surface area contributed by atoms with Crippen LogP contribution in [0, 0.1) is 0 Å². The largest absolute Gasteiger partial charge is 0.491 e. The van der Waals surface area contributed by atoms with Gasteiger partial charge in [0.2, 0.25) is 0 Å². The molecule has 1 aliphatic rings. The normalized spacial score (nSPS) is 18.4. The molecule has 1 aromatic carbocycles. The second kappa shape index (κ2) is 11.2. The number of hydrogen-bond donors (Lipinski definition) is 3. The molecule has 3 rings (SSSR count). The number of anilines is 2. The van der Waals surface area contributed by atoms with E-state index in [9.17, 15) is 5.11 Å². The van der Waals surface area contributed by atoms with E-state index in [1.54, 1.807) is 6.33 Å². The number of benzene rings is 1. The van der Waals surface area contributed by atoms with Crippen molar-refractivity contribution in [3.8, 4) is 5.75 Å². The third-order valence-corrected chi connectivity index (χ3v) is 5.19. The first-order chi connectivity index (χ1) is 15.0. The molecule has 31 heavy (non-hydrogen) atoms. The summed E-state index contributed by atoms with van der Waals surface area (Å²) in [7, 11) is 3.89. The monoisotopic (exact) mass is 431 g/mol. The van der Waals surface area contributed by atoms with Gasteiger partial charge in [-0.05, 0) is 24.1 Å². The number of aromatic nitrogens is 2. The van der Waals surface area contributed by atoms with Crippen LogP contribution in [0.1, 0.15) is 12.0 Å². The van der Waals surface area contributed by atoms with E-state index < -0.39 is 5.60 Å². The van der Waals surface area contributed by atoms with Gasteiger partial charge in [-0.15, -0.1) is 0 Å². The summed E-state index contributed by atoms with van der Waals surface area (Å²) in [5.41, 5.74) is 0.328. The molecule has 0 radical (unpaired) electrons. The van der Waals surface area contributed by atoms with Gasteiger partial charge in [-0.25, -0.2) is 9.97 Å². The highest BCUT2D eigenvalue weighted by Gasteiger charge is 2.36. The minimum absolute atomic E-state index is 0.0207. The molecule has 0 aliphatic carbocycles. The Morgan fingerprint density at radius 3 is 2.71 bits per heavy atom. The van der Waals surface area contributed by atoms with Gasteiger partial charge in [0.05, 0.1) is 25.4 Å². The quantitative estimate of drug-likeness (QED) is 0.418. The zero-order valence-electron chi connectivity index (χ0n) is 18.3. The van der Waals surface area contributed by atoms with Crippen LogP contribution in [0.5, 0.6) is 5.75 Å². The first-order valence-corrected chi connectivity index (χ1v) is 10.6. The molecule has 1 saturated heterocycles. The van der Waals surface area contributed by atoms with Gasteiger partial charge < -0.3 is 34.8 Å². The number of nitrogens with zero attached hydrogens (tertiary/aromatic N) is 4. The summed E-state index contributed by atoms with van der Waals surface area (Å²) in [6, 6.07) is 9.80. The average molecular weight is 432 g/mol. The summed E-state index contributed by atoms with van der Waals surface area (Å²) in [5.74, 6) is 2.47. The maximum Gasteiger partial charge on any atom is 0.134 e. The van der Waals surface area contributed by atoms with Crippen LogP contribution >= 0.6 is 0 Å². The van der Waals surface area contributed by atoms with Crippen molar-refractivity contribution in [2.24, 2.45) is 0 Å². The molecule has 0 bridgehead atoms. The zero-order valence-corrected chi connectivity index (χ0v) is 18.3. The van der Waals surface area contributed by atoms with Crippen molar-refractivity contribution in [2.45, 2.75) is 18.6 Å². The van der Waals surface area contributed by atoms with Gasteiger partial charge >= 0.3 is 0 Å². The van der Waals surface area contributed by atoms with Crippen LogP contribution in [0.25, 0.3) is 0 Å². The SMILES string of the molecule is CN(C)c1cc(N2CC[C@](O)(CNCc3ccc(OCCOCCO)cc3)C2)ncn1. The van der Waals surface area contributed by atoms with Crippen molar-refractivity contribution in [2.75, 3.05) is 70.0 Å². The topological polar surface area (TPSA) is 103 Å². The Labute approximate surface area is 183 Å². The Morgan fingerprint density at radius 2 is 1.97 bits per heavy atom. The molecule has 0 spiro atoms. The summed E-state index contributed by atoms with van der Waals surface area (Å²) in [6.07, 6.45) is 2.25. The summed E-state index contributed by atoms with van der Waals surface area (Å²) in [4.78, 5) is 12.7. The maximum atomic E-state index is 11.0. The molecule has 0 saturated carbocycles. The van der Waals surface area contributed by atoms with Crippen LogP contribution in [0.15, 0.2) is 36.7 Å². The Balaban J connectivity index is 1.41. The second-order valence-electron chi connectivity index (χ2n) is 7.96. The molecule has 1 atom stereocenters. The van der Waals surface area contributed by atoms with Crippen LogP contribution in [-0.4, -0.2) is 85.9 Å². The molecule has 0 amide bonds. The number of β-amino-alcohol motifs (C(OH)–C–C–N with tert-alkyl or cyclic N) is 1. The number of rotatable bonds is 12. The first-order valence-electron chi connectivity index (χ1n) is 10.6. The van der Waals surface area contributed by atoms with Crippen LogP contribution in [0.2, 0.25) is 0 Å². The highest BCUT2D eigenvalue weighted by molar-refractivity contribution is 5.50. The van der Waals surface area contributed by atoms with E-state index in [0.29, 0.717) is 45.9 Å². The van der Waals surface area contributed by atoms with E-state index in [1.165, 1.54) is 0 Å². The summed E-state index contributed by atoms with van der Waals surface area (Å²) >= 11 is 0. The summed E-state index contributed by atoms with van der Waals surface area (Å²) in [6.45, 7) is 3.72. The molecule has 1 aromatic heterocycles. The van der Waals surface area contributed by atoms with Gasteiger partial charge in [-0.3, -0.25) is 0 Å². The van der Waals surface area contributed by atoms with E-state index in [4.69, 9.17) is 14.6 Å². The lowest BCUT2D eigenvalue weighted by Crippen LogP contribution is -2.43. The molecule has 9 heteroatoms. The highest BCUT2D eigenvalue weighted by Crippen LogP contribution is 2.26. The standard InChI is InChI=1S/C22H33N5O4/c1-26(2)20-13-21(25-17-24-20)27-8-7-22(29,16-27)15-23-14-18-3-5-19(6-4-18)31-12-11-30-10-9-28/h3-6,13,17,23,28-29H,7-12,14-16H2,1-2H3/t22-/m0/s1. The van der Waals surface area contributed by atoms with Gasteiger partial charge in [0.1, 0.15) is 30.3 Å². The molecule has 1 fully saturated rings. The van der Waals surface area contributed by atoms with E-state index >= 15 is 0 Å². The van der Waals surface area contributed by atoms with Gasteiger partial charge in [0, 0.05) is 46.3 Å². The fourth-order valence-electron chi connectivity index (χ4n) is 3.48. The molecule has 170 valence electrons. The van der Waals surface area contributed by atoms with Crippen molar-refractivity contribution < 1.29 is 19.7 Å². The zero-order chi connectivity index (χ0) is 22.1.